The number of nitrogens with zero attached hydrogens (tertiary/aromatic N) is 5. The number of pyridine rings is 1. The van der Waals surface area contributed by atoms with Gasteiger partial charge in [-0.25, -0.2) is 19.5 Å². The second kappa shape index (κ2) is 14.7. The predicted octanol–water partition coefficient (Wildman–Crippen LogP) is 14.2. The lowest BCUT2D eigenvalue weighted by molar-refractivity contribution is 0.669. The summed E-state index contributed by atoms with van der Waals surface area (Å²) in [6.45, 7) is 0. The first-order chi connectivity index (χ1) is 30.7. The van der Waals surface area contributed by atoms with E-state index in [1.54, 1.807) is 0 Å². The van der Waals surface area contributed by atoms with Gasteiger partial charge in [-0.3, -0.25) is 0 Å². The highest BCUT2D eigenvalue weighted by Crippen LogP contribution is 2.42. The van der Waals surface area contributed by atoms with E-state index in [0.717, 1.165) is 99.7 Å². The van der Waals surface area contributed by atoms with E-state index in [4.69, 9.17) is 24.5 Å². The molecule has 0 amide bonds. The Morgan fingerprint density at radius 3 is 1.58 bits per heavy atom. The van der Waals surface area contributed by atoms with Crippen molar-refractivity contribution in [3.8, 4) is 78.9 Å². The van der Waals surface area contributed by atoms with Crippen LogP contribution in [0.2, 0.25) is 0 Å². The summed E-state index contributed by atoms with van der Waals surface area (Å²) in [6.07, 6.45) is 0. The molecule has 0 aliphatic heterocycles. The fourth-order valence-electron chi connectivity index (χ4n) is 8.68. The highest BCUT2D eigenvalue weighted by molar-refractivity contribution is 6.09. The van der Waals surface area contributed by atoms with Crippen LogP contribution in [0, 0.1) is 0 Å². The normalized spacial score (nSPS) is 11.5. The number of hydrogen-bond acceptors (Lipinski definition) is 5. The van der Waals surface area contributed by atoms with Gasteiger partial charge in [-0.15, -0.1) is 0 Å². The van der Waals surface area contributed by atoms with Crippen LogP contribution >= 0.6 is 0 Å². The third-order valence-corrected chi connectivity index (χ3v) is 11.6. The van der Waals surface area contributed by atoms with Gasteiger partial charge >= 0.3 is 0 Å². The minimum Gasteiger partial charge on any atom is -0.456 e. The molecular formula is C56H35N5O. The van der Waals surface area contributed by atoms with E-state index in [1.807, 2.05) is 54.6 Å². The molecule has 12 rings (SSSR count). The van der Waals surface area contributed by atoms with Crippen LogP contribution in [0.25, 0.3) is 117 Å². The van der Waals surface area contributed by atoms with Gasteiger partial charge in [-0.05, 0) is 58.5 Å². The minimum absolute atomic E-state index is 0.574. The molecule has 4 aromatic heterocycles. The van der Waals surface area contributed by atoms with Gasteiger partial charge < -0.3 is 4.42 Å². The minimum atomic E-state index is 0.574. The summed E-state index contributed by atoms with van der Waals surface area (Å²) in [6, 6.07) is 73.3. The van der Waals surface area contributed by atoms with Gasteiger partial charge in [0.25, 0.3) is 0 Å². The Hall–Kier alpha value is -8.48. The van der Waals surface area contributed by atoms with Crippen molar-refractivity contribution in [2.75, 3.05) is 0 Å². The summed E-state index contributed by atoms with van der Waals surface area (Å²) < 4.78 is 8.38. The number of hydrogen-bond donors (Lipinski definition) is 0. The molecular weight excluding hydrogens is 759 g/mol. The van der Waals surface area contributed by atoms with E-state index in [9.17, 15) is 0 Å². The lowest BCUT2D eigenvalue weighted by Gasteiger charge is -2.11. The van der Waals surface area contributed by atoms with E-state index >= 15 is 0 Å². The quantitative estimate of drug-likeness (QED) is 0.161. The second-order valence-electron chi connectivity index (χ2n) is 15.5. The Bertz CT molecular complexity index is 3630. The third kappa shape index (κ3) is 6.13. The van der Waals surface area contributed by atoms with E-state index in [0.29, 0.717) is 17.5 Å². The molecule has 290 valence electrons. The van der Waals surface area contributed by atoms with Crippen LogP contribution in [-0.4, -0.2) is 24.6 Å². The fourth-order valence-corrected chi connectivity index (χ4v) is 8.68. The molecule has 0 aliphatic rings. The van der Waals surface area contributed by atoms with Crippen LogP contribution in [0.4, 0.5) is 0 Å². The van der Waals surface area contributed by atoms with Crippen LogP contribution in [0.5, 0.6) is 0 Å². The summed E-state index contributed by atoms with van der Waals surface area (Å²) in [5.41, 5.74) is 13.6. The number of furan rings is 1. The number of aromatic nitrogens is 5. The average Bonchev–Trinajstić information content (AvgIpc) is 3.94. The Morgan fingerprint density at radius 2 is 0.855 bits per heavy atom. The van der Waals surface area contributed by atoms with Crippen molar-refractivity contribution in [3.05, 3.63) is 212 Å². The second-order valence-corrected chi connectivity index (χ2v) is 15.5. The molecule has 0 N–H and O–H groups in total. The molecule has 4 heterocycles. The molecule has 6 nitrogen and oxygen atoms in total. The summed E-state index contributed by atoms with van der Waals surface area (Å²) >= 11 is 0. The zero-order valence-corrected chi connectivity index (χ0v) is 33.4. The Morgan fingerprint density at radius 1 is 0.339 bits per heavy atom. The highest BCUT2D eigenvalue weighted by Gasteiger charge is 2.22. The summed E-state index contributed by atoms with van der Waals surface area (Å²) in [5.74, 6) is 1.76. The molecule has 0 saturated heterocycles. The van der Waals surface area contributed by atoms with Crippen molar-refractivity contribution >= 4 is 38.2 Å². The van der Waals surface area contributed by atoms with Gasteiger partial charge in [0.2, 0.25) is 0 Å². The Balaban J connectivity index is 1.03. The summed E-state index contributed by atoms with van der Waals surface area (Å²) in [5, 5.41) is 9.98. The van der Waals surface area contributed by atoms with Crippen LogP contribution < -0.4 is 0 Å². The molecule has 0 saturated carbocycles. The first-order valence-corrected chi connectivity index (χ1v) is 20.7. The van der Waals surface area contributed by atoms with Crippen molar-refractivity contribution in [3.63, 3.8) is 0 Å². The molecule has 0 radical (unpaired) electrons. The Kier molecular flexibility index (Phi) is 8.38. The first-order valence-electron chi connectivity index (χ1n) is 20.7. The molecule has 0 spiro atoms. The largest absolute Gasteiger partial charge is 0.456 e. The van der Waals surface area contributed by atoms with Gasteiger partial charge in [0.15, 0.2) is 17.5 Å². The Labute approximate surface area is 357 Å². The third-order valence-electron chi connectivity index (χ3n) is 11.6. The van der Waals surface area contributed by atoms with Crippen molar-refractivity contribution in [2.45, 2.75) is 0 Å². The lowest BCUT2D eigenvalue weighted by Crippen LogP contribution is -2.00. The molecule has 0 bridgehead atoms. The number of fused-ring (bicyclic) bond motifs is 6. The van der Waals surface area contributed by atoms with Crippen molar-refractivity contribution in [1.29, 1.82) is 0 Å². The van der Waals surface area contributed by atoms with Crippen LogP contribution in [0.1, 0.15) is 0 Å². The van der Waals surface area contributed by atoms with E-state index in [1.165, 1.54) is 0 Å². The summed E-state index contributed by atoms with van der Waals surface area (Å²) in [7, 11) is 0. The first kappa shape index (κ1) is 35.5. The maximum atomic E-state index is 6.26. The van der Waals surface area contributed by atoms with Gasteiger partial charge in [0, 0.05) is 49.5 Å². The van der Waals surface area contributed by atoms with Gasteiger partial charge in [-0.2, -0.15) is 5.10 Å². The van der Waals surface area contributed by atoms with Gasteiger partial charge in [0.1, 0.15) is 16.9 Å². The maximum Gasteiger partial charge on any atom is 0.164 e. The number of benzene rings is 8. The standard InChI is InChI=1S/C56H35N5O/c1-4-16-36(17-5-1)48-34-41-22-10-11-27-45(41)53-51(37-18-6-2-7-19-37)52(60-61(48)53)42-24-15-26-44(33-42)56-58-54(38-20-8-3-9-21-38)57-55(59-56)43-25-14-23-39(32-43)40-30-31-47-46-28-12-13-29-49(46)62-50(47)35-40/h1-35H. The number of para-hydroxylation sites is 1. The molecule has 6 heteroatoms. The van der Waals surface area contributed by atoms with Crippen molar-refractivity contribution in [2.24, 2.45) is 0 Å². The van der Waals surface area contributed by atoms with E-state index in [-0.39, 0.29) is 0 Å². The lowest BCUT2D eigenvalue weighted by atomic mass is 9.96. The zero-order chi connectivity index (χ0) is 41.0. The predicted molar refractivity (Wildman–Crippen MR) is 251 cm³/mol. The van der Waals surface area contributed by atoms with Gasteiger partial charge in [0.05, 0.1) is 11.2 Å². The fraction of sp³-hybridized carbons (Fsp3) is 0. The summed E-state index contributed by atoms with van der Waals surface area (Å²) in [4.78, 5) is 15.4. The van der Waals surface area contributed by atoms with E-state index < -0.39 is 0 Å². The maximum absolute atomic E-state index is 6.26. The monoisotopic (exact) mass is 793 g/mol. The average molecular weight is 794 g/mol. The van der Waals surface area contributed by atoms with Crippen LogP contribution in [-0.2, 0) is 0 Å². The molecule has 8 aromatic carbocycles. The smallest absolute Gasteiger partial charge is 0.164 e. The van der Waals surface area contributed by atoms with Crippen LogP contribution in [0.3, 0.4) is 0 Å². The molecule has 0 unspecified atom stereocenters. The van der Waals surface area contributed by atoms with E-state index in [2.05, 4.69) is 162 Å². The molecule has 62 heavy (non-hydrogen) atoms. The topological polar surface area (TPSA) is 69.1 Å². The number of rotatable bonds is 7. The zero-order valence-electron chi connectivity index (χ0n) is 33.4. The molecule has 0 aliphatic carbocycles. The molecule has 0 atom stereocenters. The van der Waals surface area contributed by atoms with Crippen molar-refractivity contribution in [1.82, 2.24) is 24.6 Å². The van der Waals surface area contributed by atoms with Gasteiger partial charge in [-0.1, -0.05) is 176 Å². The van der Waals surface area contributed by atoms with Crippen molar-refractivity contribution < 1.29 is 4.42 Å². The van der Waals surface area contributed by atoms with Crippen LogP contribution in [0.15, 0.2) is 217 Å². The SMILES string of the molecule is c1ccc(-c2nc(-c3cccc(-c4ccc5c(c4)oc4ccccc45)c3)nc(-c3cccc(-c4nn5c(-c6ccccc6)cc6ccccc6c5c4-c4ccccc4)c3)n2)cc1. The molecule has 12 aromatic rings. The molecule has 0 fully saturated rings. The highest BCUT2D eigenvalue weighted by atomic mass is 16.3.